The number of ether oxygens (including phenoxy) is 2. The number of rotatable bonds is 7. The number of non-ortho nitro benzene ring substituents is 1. The molecule has 9 nitrogen and oxygen atoms in total. The summed E-state index contributed by atoms with van der Waals surface area (Å²) < 4.78 is 13.0. The number of hydrogen-bond acceptors (Lipinski definition) is 6. The number of methoxy groups -OCH3 is 2. The van der Waals surface area contributed by atoms with Gasteiger partial charge in [0.2, 0.25) is 0 Å². The number of halogens is 1. The molecule has 1 N–H and O–H groups in total. The number of anilines is 1. The second-order valence-electron chi connectivity index (χ2n) is 9.09. The van der Waals surface area contributed by atoms with E-state index < -0.39 is 4.92 Å². The molecule has 0 aliphatic carbocycles. The molecule has 39 heavy (non-hydrogen) atoms. The molecule has 2 unspecified atom stereocenters. The van der Waals surface area contributed by atoms with Crippen molar-refractivity contribution in [1.82, 2.24) is 14.9 Å². The van der Waals surface area contributed by atoms with Gasteiger partial charge in [0.25, 0.3) is 5.69 Å². The van der Waals surface area contributed by atoms with E-state index in [9.17, 15) is 10.1 Å². The zero-order valence-electron chi connectivity index (χ0n) is 21.7. The van der Waals surface area contributed by atoms with Crippen LogP contribution in [0.4, 0.5) is 11.4 Å². The second kappa shape index (κ2) is 10.5. The van der Waals surface area contributed by atoms with Gasteiger partial charge in [-0.25, -0.2) is 0 Å². The smallest absolute Gasteiger partial charge is 0.273 e. The van der Waals surface area contributed by atoms with Crippen LogP contribution in [0.3, 0.4) is 0 Å². The van der Waals surface area contributed by atoms with Crippen molar-refractivity contribution in [3.63, 3.8) is 0 Å². The van der Waals surface area contributed by atoms with Crippen molar-refractivity contribution < 1.29 is 14.4 Å². The number of nitro groups is 1. The summed E-state index contributed by atoms with van der Waals surface area (Å²) in [6, 6.07) is 17.5. The van der Waals surface area contributed by atoms with Gasteiger partial charge in [0.1, 0.15) is 11.5 Å². The number of nitrogens with zero attached hydrogens (tertiary/aromatic N) is 4. The van der Waals surface area contributed by atoms with E-state index in [1.54, 1.807) is 19.4 Å². The lowest BCUT2D eigenvalue weighted by atomic mass is 9.96. The molecule has 5 rings (SSSR count). The number of benzene rings is 2. The Labute approximate surface area is 236 Å². The average molecular weight is 564 g/mol. The maximum Gasteiger partial charge on any atom is 0.273 e. The van der Waals surface area contributed by atoms with E-state index in [4.69, 9.17) is 33.3 Å². The van der Waals surface area contributed by atoms with Crippen LogP contribution in [-0.4, -0.2) is 33.8 Å². The van der Waals surface area contributed by atoms with Crippen LogP contribution < -0.4 is 19.7 Å². The first-order chi connectivity index (χ1) is 18.7. The molecule has 1 aliphatic rings. The Balaban J connectivity index is 1.69. The summed E-state index contributed by atoms with van der Waals surface area (Å²) in [5.74, 6) is 0.970. The van der Waals surface area contributed by atoms with E-state index in [0.29, 0.717) is 27.3 Å². The van der Waals surface area contributed by atoms with Crippen LogP contribution in [0.2, 0.25) is 5.02 Å². The summed E-state index contributed by atoms with van der Waals surface area (Å²) in [6.45, 7) is 4.00. The van der Waals surface area contributed by atoms with E-state index in [2.05, 4.69) is 16.4 Å². The predicted octanol–water partition coefficient (Wildman–Crippen LogP) is 6.25. The van der Waals surface area contributed by atoms with Gasteiger partial charge in [0, 0.05) is 29.3 Å². The van der Waals surface area contributed by atoms with Crippen molar-refractivity contribution in [1.29, 1.82) is 0 Å². The highest BCUT2D eigenvalue weighted by atomic mass is 35.5. The molecule has 11 heteroatoms. The highest BCUT2D eigenvalue weighted by molar-refractivity contribution is 7.80. The molecule has 1 fully saturated rings. The number of thiocarbonyl (C=S) groups is 1. The zero-order chi connectivity index (χ0) is 27.8. The second-order valence-corrected chi connectivity index (χ2v) is 9.88. The van der Waals surface area contributed by atoms with Crippen molar-refractivity contribution in [2.45, 2.75) is 25.9 Å². The first-order valence-electron chi connectivity index (χ1n) is 12.1. The number of aromatic nitrogens is 2. The Bertz CT molecular complexity index is 1580. The predicted molar refractivity (Wildman–Crippen MR) is 154 cm³/mol. The molecule has 2 aromatic carbocycles. The zero-order valence-corrected chi connectivity index (χ0v) is 23.3. The molecule has 2 aromatic heterocycles. The minimum atomic E-state index is -0.437. The van der Waals surface area contributed by atoms with Gasteiger partial charge in [0.05, 0.1) is 53.7 Å². The molecule has 3 heterocycles. The highest BCUT2D eigenvalue weighted by Gasteiger charge is 2.42. The van der Waals surface area contributed by atoms with E-state index in [-0.39, 0.29) is 17.8 Å². The third kappa shape index (κ3) is 4.66. The summed E-state index contributed by atoms with van der Waals surface area (Å²) in [4.78, 5) is 17.6. The van der Waals surface area contributed by atoms with E-state index in [1.807, 2.05) is 59.7 Å². The molecule has 0 saturated carbocycles. The molecule has 200 valence electrons. The fourth-order valence-electron chi connectivity index (χ4n) is 5.18. The van der Waals surface area contributed by atoms with Crippen LogP contribution in [0.25, 0.3) is 5.69 Å². The maximum atomic E-state index is 11.4. The normalized spacial score (nSPS) is 16.7. The number of aryl methyl sites for hydroxylation is 1. The molecular weight excluding hydrogens is 538 g/mol. The number of nitro benzene ring substituents is 1. The molecule has 4 aromatic rings. The molecule has 0 amide bonds. The van der Waals surface area contributed by atoms with Gasteiger partial charge in [-0.3, -0.25) is 15.1 Å². The first kappa shape index (κ1) is 26.5. The Morgan fingerprint density at radius 2 is 1.82 bits per heavy atom. The summed E-state index contributed by atoms with van der Waals surface area (Å²) >= 11 is 12.4. The summed E-state index contributed by atoms with van der Waals surface area (Å²) in [5, 5.41) is 15.8. The van der Waals surface area contributed by atoms with E-state index >= 15 is 0 Å². The van der Waals surface area contributed by atoms with Crippen molar-refractivity contribution >= 4 is 40.3 Å². The van der Waals surface area contributed by atoms with Crippen LogP contribution in [0.15, 0.2) is 66.9 Å². The molecule has 0 radical (unpaired) electrons. The van der Waals surface area contributed by atoms with E-state index in [1.165, 1.54) is 19.2 Å². The van der Waals surface area contributed by atoms with Crippen molar-refractivity contribution in [2.75, 3.05) is 19.1 Å². The van der Waals surface area contributed by atoms with Crippen molar-refractivity contribution in [2.24, 2.45) is 0 Å². The Hall–Kier alpha value is -4.15. The average Bonchev–Trinajstić information content (AvgIpc) is 3.43. The summed E-state index contributed by atoms with van der Waals surface area (Å²) in [5.41, 5.74) is 5.17. The third-order valence-electron chi connectivity index (χ3n) is 6.92. The van der Waals surface area contributed by atoms with E-state index in [0.717, 1.165) is 28.3 Å². The van der Waals surface area contributed by atoms with Gasteiger partial charge in [-0.05, 0) is 74.1 Å². The van der Waals surface area contributed by atoms with Gasteiger partial charge in [-0.15, -0.1) is 0 Å². The Kier molecular flexibility index (Phi) is 7.16. The number of nitrogens with one attached hydrogen (secondary N) is 1. The largest absolute Gasteiger partial charge is 0.495 e. The lowest BCUT2D eigenvalue weighted by Gasteiger charge is -2.28. The lowest BCUT2D eigenvalue weighted by molar-refractivity contribution is -0.384. The summed E-state index contributed by atoms with van der Waals surface area (Å²) in [7, 11) is 3.08. The molecular formula is C28H26ClN5O4S. The molecule has 2 atom stereocenters. The molecule has 0 bridgehead atoms. The quantitative estimate of drug-likeness (QED) is 0.160. The number of pyridine rings is 1. The maximum absolute atomic E-state index is 11.4. The van der Waals surface area contributed by atoms with Crippen LogP contribution in [-0.2, 0) is 0 Å². The number of hydrogen-bond donors (Lipinski definition) is 1. The lowest BCUT2D eigenvalue weighted by Crippen LogP contribution is -2.29. The molecule has 0 spiro atoms. The van der Waals surface area contributed by atoms with Crippen LogP contribution in [0, 0.1) is 24.0 Å². The SMILES string of the molecule is COc1ccc(N2C(=S)NC(c3ccccn3)C2c2cc(C)n(-c3ccc([N+](=O)[O-])cc3OC)c2C)cc1Cl. The highest BCUT2D eigenvalue weighted by Crippen LogP contribution is 2.45. The van der Waals surface area contributed by atoms with Gasteiger partial charge in [-0.2, -0.15) is 0 Å². The van der Waals surface area contributed by atoms with Gasteiger partial charge >= 0.3 is 0 Å². The molecule has 1 aliphatic heterocycles. The minimum absolute atomic E-state index is 0.0404. The monoisotopic (exact) mass is 563 g/mol. The van der Waals surface area contributed by atoms with Crippen molar-refractivity contribution in [3.8, 4) is 17.2 Å². The van der Waals surface area contributed by atoms with Gasteiger partial charge in [0.15, 0.2) is 5.11 Å². The van der Waals surface area contributed by atoms with Crippen LogP contribution >= 0.6 is 23.8 Å². The fraction of sp³-hybridized carbons (Fsp3) is 0.214. The van der Waals surface area contributed by atoms with Crippen molar-refractivity contribution in [3.05, 3.63) is 105 Å². The Morgan fingerprint density at radius 1 is 1.05 bits per heavy atom. The standard InChI is InChI=1S/C28H26ClN5O4S/c1-16-13-20(17(2)32(16)23-10-8-19(34(35)36)15-25(23)38-4)27-26(22-7-5-6-12-30-22)31-28(39)33(27)18-9-11-24(37-3)21(29)14-18/h5-15,26-27H,1-4H3,(H,31,39). The third-order valence-corrected chi connectivity index (χ3v) is 7.53. The van der Waals surface area contributed by atoms with Gasteiger partial charge in [-0.1, -0.05) is 17.7 Å². The van der Waals surface area contributed by atoms with Crippen LogP contribution in [0.1, 0.15) is 34.7 Å². The Morgan fingerprint density at radius 3 is 2.46 bits per heavy atom. The minimum Gasteiger partial charge on any atom is -0.495 e. The summed E-state index contributed by atoms with van der Waals surface area (Å²) in [6.07, 6.45) is 1.76. The first-order valence-corrected chi connectivity index (χ1v) is 12.9. The fourth-order valence-corrected chi connectivity index (χ4v) is 5.77. The topological polar surface area (TPSA) is 94.7 Å². The van der Waals surface area contributed by atoms with Crippen LogP contribution in [0.5, 0.6) is 11.5 Å². The van der Waals surface area contributed by atoms with Gasteiger partial charge < -0.3 is 24.3 Å². The molecule has 1 saturated heterocycles.